The minimum Gasteiger partial charge on any atom is -0.376 e. The molecule has 0 saturated carbocycles. The summed E-state index contributed by atoms with van der Waals surface area (Å²) in [5, 5.41) is 11.7. The maximum absolute atomic E-state index is 13.2. The Morgan fingerprint density at radius 1 is 1.11 bits per heavy atom. The minimum absolute atomic E-state index is 0.171. The van der Waals surface area contributed by atoms with E-state index in [1.165, 1.54) is 10.2 Å². The van der Waals surface area contributed by atoms with Gasteiger partial charge in [-0.25, -0.2) is 12.4 Å². The number of fused-ring (bicyclic) bond motifs is 1. The molecular weight excluding hydrogens is 410 g/mol. The Morgan fingerprint density at radius 2 is 1.75 bits per heavy atom. The second kappa shape index (κ2) is 7.41. The topological polar surface area (TPSA) is 59.3 Å². The number of hydrogen-bond donors (Lipinski definition) is 1. The average molecular weight is 432 g/mol. The van der Waals surface area contributed by atoms with E-state index in [0.717, 1.165) is 5.56 Å². The van der Waals surface area contributed by atoms with Crippen molar-refractivity contribution in [1.29, 1.82) is 0 Å². The van der Waals surface area contributed by atoms with Gasteiger partial charge in [-0.1, -0.05) is 60.9 Å². The predicted molar refractivity (Wildman–Crippen MR) is 117 cm³/mol. The first-order chi connectivity index (χ1) is 13.0. The quantitative estimate of drug-likeness (QED) is 0.480. The van der Waals surface area contributed by atoms with Crippen LogP contribution in [0.25, 0.3) is 10.9 Å². The van der Waals surface area contributed by atoms with Gasteiger partial charge in [-0.05, 0) is 31.2 Å². The van der Waals surface area contributed by atoms with Crippen LogP contribution in [0.2, 0.25) is 24.7 Å². The minimum atomic E-state index is -3.85. The van der Waals surface area contributed by atoms with E-state index in [1.54, 1.807) is 42.5 Å². The summed E-state index contributed by atoms with van der Waals surface area (Å²) in [6.45, 7) is 8.14. The number of aliphatic hydroxyl groups excluding tert-OH is 1. The summed E-state index contributed by atoms with van der Waals surface area (Å²) < 4.78 is 27.6. The molecule has 7 heteroatoms. The summed E-state index contributed by atoms with van der Waals surface area (Å²) >= 11 is 6.12. The number of benzene rings is 2. The van der Waals surface area contributed by atoms with Crippen molar-refractivity contribution < 1.29 is 13.5 Å². The normalized spacial score (nSPS) is 13.2. The van der Waals surface area contributed by atoms with Crippen molar-refractivity contribution in [3.63, 3.8) is 0 Å². The highest BCUT2D eigenvalue weighted by atomic mass is 35.5. The van der Waals surface area contributed by atoms with Crippen LogP contribution in [0.5, 0.6) is 0 Å². The number of rotatable bonds is 3. The zero-order valence-corrected chi connectivity index (χ0v) is 18.8. The van der Waals surface area contributed by atoms with Crippen LogP contribution in [-0.2, 0) is 10.0 Å². The Morgan fingerprint density at radius 3 is 2.36 bits per heavy atom. The standard InChI is InChI=1S/C21H22ClNO3SSi/c1-15-5-8-17(9-6-15)27(25,26)23-14-19(21(24)11-12-28(2,3)4)18-10-7-16(22)13-20(18)23/h5-10,13-14,21,24H,1-4H3. The molecule has 146 valence electrons. The van der Waals surface area contributed by atoms with Gasteiger partial charge in [-0.15, -0.1) is 5.54 Å². The van der Waals surface area contributed by atoms with Crippen molar-refractivity contribution in [3.05, 3.63) is 64.8 Å². The third-order valence-corrected chi connectivity index (χ3v) is 7.04. The Kier molecular flexibility index (Phi) is 5.48. The van der Waals surface area contributed by atoms with Crippen LogP contribution < -0.4 is 0 Å². The van der Waals surface area contributed by atoms with Crippen LogP contribution in [0.4, 0.5) is 0 Å². The van der Waals surface area contributed by atoms with Gasteiger partial charge in [0.2, 0.25) is 0 Å². The maximum Gasteiger partial charge on any atom is 0.268 e. The summed E-state index contributed by atoms with van der Waals surface area (Å²) in [7, 11) is -5.53. The van der Waals surface area contributed by atoms with Crippen LogP contribution >= 0.6 is 11.6 Å². The van der Waals surface area contributed by atoms with Crippen LogP contribution in [0, 0.1) is 18.4 Å². The molecule has 3 aromatic rings. The maximum atomic E-state index is 13.2. The first-order valence-electron chi connectivity index (χ1n) is 8.82. The largest absolute Gasteiger partial charge is 0.376 e. The molecule has 0 aliphatic rings. The number of aromatic nitrogens is 1. The third-order valence-electron chi connectivity index (χ3n) is 4.22. The Labute approximate surface area is 171 Å². The van der Waals surface area contributed by atoms with Gasteiger partial charge in [0.05, 0.1) is 10.4 Å². The van der Waals surface area contributed by atoms with Crippen molar-refractivity contribution >= 4 is 40.6 Å². The zero-order chi connectivity index (χ0) is 20.7. The number of aryl methyl sites for hydroxylation is 1. The summed E-state index contributed by atoms with van der Waals surface area (Å²) in [6.07, 6.45) is 0.365. The lowest BCUT2D eigenvalue weighted by Gasteiger charge is -2.08. The first-order valence-corrected chi connectivity index (χ1v) is 14.1. The number of halogens is 1. The highest BCUT2D eigenvalue weighted by Crippen LogP contribution is 2.31. The predicted octanol–water partition coefficient (Wildman–Crippen LogP) is 4.75. The van der Waals surface area contributed by atoms with Crippen LogP contribution in [0.15, 0.2) is 53.6 Å². The fraction of sp³-hybridized carbons (Fsp3) is 0.238. The smallest absolute Gasteiger partial charge is 0.268 e. The lowest BCUT2D eigenvalue weighted by molar-refractivity contribution is 0.240. The van der Waals surface area contributed by atoms with Crippen molar-refractivity contribution in [3.8, 4) is 11.5 Å². The molecule has 3 rings (SSSR count). The molecule has 1 atom stereocenters. The van der Waals surface area contributed by atoms with E-state index in [-0.39, 0.29) is 4.90 Å². The molecule has 0 aliphatic heterocycles. The average Bonchev–Trinajstić information content (AvgIpc) is 2.99. The molecular formula is C21H22ClNO3SSi. The van der Waals surface area contributed by atoms with Gasteiger partial charge in [0.25, 0.3) is 10.0 Å². The summed E-state index contributed by atoms with van der Waals surface area (Å²) in [4.78, 5) is 0.171. The van der Waals surface area contributed by atoms with Gasteiger partial charge in [-0.3, -0.25) is 0 Å². The second-order valence-corrected chi connectivity index (χ2v) is 14.8. The molecule has 1 N–H and O–H groups in total. The fourth-order valence-electron chi connectivity index (χ4n) is 2.80. The monoisotopic (exact) mass is 431 g/mol. The lowest BCUT2D eigenvalue weighted by Crippen LogP contribution is -2.16. The van der Waals surface area contributed by atoms with Crippen molar-refractivity contribution in [1.82, 2.24) is 3.97 Å². The van der Waals surface area contributed by atoms with E-state index >= 15 is 0 Å². The van der Waals surface area contributed by atoms with Gasteiger partial charge >= 0.3 is 0 Å². The van der Waals surface area contributed by atoms with Crippen molar-refractivity contribution in [2.24, 2.45) is 0 Å². The number of aliphatic hydroxyl groups is 1. The van der Waals surface area contributed by atoms with Gasteiger partial charge in [0.15, 0.2) is 0 Å². The summed E-state index contributed by atoms with van der Waals surface area (Å²) in [5.41, 5.74) is 4.97. The molecule has 0 fully saturated rings. The van der Waals surface area contributed by atoms with Crippen LogP contribution in [0.3, 0.4) is 0 Å². The Bertz CT molecular complexity index is 1200. The molecule has 0 bridgehead atoms. The molecule has 1 unspecified atom stereocenters. The van der Waals surface area contributed by atoms with Gasteiger partial charge < -0.3 is 5.11 Å². The molecule has 0 aliphatic carbocycles. The van der Waals surface area contributed by atoms with Gasteiger partial charge in [-0.2, -0.15) is 0 Å². The first kappa shape index (κ1) is 20.7. The number of nitrogens with zero attached hydrogens (tertiary/aromatic N) is 1. The molecule has 0 spiro atoms. The van der Waals surface area contributed by atoms with E-state index in [2.05, 4.69) is 31.1 Å². The Balaban J connectivity index is 2.22. The SMILES string of the molecule is Cc1ccc(S(=O)(=O)n2cc(C(O)C#C[Si](C)(C)C)c3ccc(Cl)cc32)cc1. The second-order valence-electron chi connectivity index (χ2n) is 7.78. The molecule has 1 aromatic heterocycles. The molecule has 0 saturated heterocycles. The fourth-order valence-corrected chi connectivity index (χ4v) is 4.91. The highest BCUT2D eigenvalue weighted by molar-refractivity contribution is 7.90. The Hall–Kier alpha value is -2.04. The lowest BCUT2D eigenvalue weighted by atomic mass is 10.1. The summed E-state index contributed by atoms with van der Waals surface area (Å²) in [5.74, 6) is 2.88. The molecule has 28 heavy (non-hydrogen) atoms. The van der Waals surface area contributed by atoms with Gasteiger partial charge in [0, 0.05) is 22.2 Å². The van der Waals surface area contributed by atoms with Crippen molar-refractivity contribution in [2.45, 2.75) is 37.6 Å². The third kappa shape index (κ3) is 4.18. The van der Waals surface area contributed by atoms with E-state index in [1.807, 2.05) is 6.92 Å². The van der Waals surface area contributed by atoms with E-state index in [0.29, 0.717) is 21.5 Å². The molecule has 2 aromatic carbocycles. The molecule has 1 heterocycles. The summed E-state index contributed by atoms with van der Waals surface area (Å²) in [6, 6.07) is 11.6. The number of hydrogen-bond acceptors (Lipinski definition) is 3. The van der Waals surface area contributed by atoms with E-state index < -0.39 is 24.2 Å². The molecule has 0 radical (unpaired) electrons. The van der Waals surface area contributed by atoms with Crippen LogP contribution in [0.1, 0.15) is 17.2 Å². The zero-order valence-electron chi connectivity index (χ0n) is 16.2. The van der Waals surface area contributed by atoms with Crippen LogP contribution in [-0.4, -0.2) is 25.6 Å². The molecule has 0 amide bonds. The van der Waals surface area contributed by atoms with E-state index in [4.69, 9.17) is 11.6 Å². The van der Waals surface area contributed by atoms with E-state index in [9.17, 15) is 13.5 Å². The van der Waals surface area contributed by atoms with Gasteiger partial charge in [0.1, 0.15) is 14.2 Å². The molecule has 4 nitrogen and oxygen atoms in total. The van der Waals surface area contributed by atoms with Crippen molar-refractivity contribution in [2.75, 3.05) is 0 Å². The highest BCUT2D eigenvalue weighted by Gasteiger charge is 2.23.